The molecule has 0 fully saturated rings. The SMILES string of the molecule is COc1ccccc1CN(C(=O)c1snc(C(N)=O)c1N)[C@@H](C(=O)NCCC(C)C)c1ccc(O)cc1. The molecular formula is C26H31N5O5S. The monoisotopic (exact) mass is 525 g/mol. The van der Waals surface area contributed by atoms with E-state index in [4.69, 9.17) is 16.2 Å². The summed E-state index contributed by atoms with van der Waals surface area (Å²) in [4.78, 5) is 40.6. The number of phenolic OH excluding ortho intramolecular Hbond substituents is 1. The van der Waals surface area contributed by atoms with E-state index in [-0.39, 0.29) is 28.6 Å². The van der Waals surface area contributed by atoms with Crippen molar-refractivity contribution in [3.63, 3.8) is 0 Å². The van der Waals surface area contributed by atoms with E-state index >= 15 is 0 Å². The minimum atomic E-state index is -1.09. The number of hydrogen-bond donors (Lipinski definition) is 4. The summed E-state index contributed by atoms with van der Waals surface area (Å²) in [6.45, 7) is 4.49. The Morgan fingerprint density at radius 2 is 1.81 bits per heavy atom. The molecule has 0 spiro atoms. The standard InChI is InChI=1S/C26H31N5O5S/c1-15(2)12-13-29-25(34)22(16-8-10-18(32)11-9-16)31(14-17-6-4-5-7-19(17)36-3)26(35)23-20(27)21(24(28)33)30-37-23/h4-11,15,22,32H,12-14,27H2,1-3H3,(H2,28,33)(H,29,34)/t22-/m1/s1. The minimum Gasteiger partial charge on any atom is -0.508 e. The molecule has 1 aromatic heterocycles. The molecule has 0 unspecified atom stereocenters. The van der Waals surface area contributed by atoms with Gasteiger partial charge in [0.15, 0.2) is 5.69 Å². The van der Waals surface area contributed by atoms with Gasteiger partial charge < -0.3 is 31.5 Å². The maximum absolute atomic E-state index is 14.0. The first kappa shape index (κ1) is 27.5. The van der Waals surface area contributed by atoms with Crippen molar-refractivity contribution in [2.75, 3.05) is 19.4 Å². The first-order valence-corrected chi connectivity index (χ1v) is 12.5. The van der Waals surface area contributed by atoms with Crippen LogP contribution < -0.4 is 21.5 Å². The molecule has 6 N–H and O–H groups in total. The summed E-state index contributed by atoms with van der Waals surface area (Å²) in [6, 6.07) is 12.1. The van der Waals surface area contributed by atoms with Gasteiger partial charge in [0.1, 0.15) is 22.4 Å². The predicted octanol–water partition coefficient (Wildman–Crippen LogP) is 3.08. The molecule has 196 valence electrons. The summed E-state index contributed by atoms with van der Waals surface area (Å²) in [5.41, 5.74) is 12.2. The van der Waals surface area contributed by atoms with Gasteiger partial charge in [0.2, 0.25) is 5.91 Å². The summed E-state index contributed by atoms with van der Waals surface area (Å²) in [6.07, 6.45) is 0.748. The molecule has 0 radical (unpaired) electrons. The number of para-hydroxylation sites is 1. The lowest BCUT2D eigenvalue weighted by Crippen LogP contribution is -2.43. The lowest BCUT2D eigenvalue weighted by molar-refractivity contribution is -0.126. The molecule has 10 nitrogen and oxygen atoms in total. The van der Waals surface area contributed by atoms with Crippen LogP contribution in [-0.2, 0) is 11.3 Å². The van der Waals surface area contributed by atoms with Gasteiger partial charge in [-0.15, -0.1) is 0 Å². The van der Waals surface area contributed by atoms with Gasteiger partial charge in [-0.25, -0.2) is 0 Å². The van der Waals surface area contributed by atoms with Gasteiger partial charge in [0.05, 0.1) is 19.3 Å². The summed E-state index contributed by atoms with van der Waals surface area (Å²) < 4.78 is 9.43. The number of carbonyl (C=O) groups is 3. The average Bonchev–Trinajstić information content (AvgIpc) is 3.25. The fourth-order valence-electron chi connectivity index (χ4n) is 3.77. The number of ether oxygens (including phenoxy) is 1. The highest BCUT2D eigenvalue weighted by Gasteiger charge is 2.35. The summed E-state index contributed by atoms with van der Waals surface area (Å²) >= 11 is 0.740. The Morgan fingerprint density at radius 1 is 1.14 bits per heavy atom. The number of aromatic nitrogens is 1. The van der Waals surface area contributed by atoms with Crippen LogP contribution in [0.4, 0.5) is 5.69 Å². The first-order chi connectivity index (χ1) is 17.6. The summed E-state index contributed by atoms with van der Waals surface area (Å²) in [5, 5.41) is 12.8. The van der Waals surface area contributed by atoms with E-state index in [0.29, 0.717) is 29.3 Å². The van der Waals surface area contributed by atoms with E-state index in [1.165, 1.54) is 24.1 Å². The Balaban J connectivity index is 2.13. The Bertz CT molecular complexity index is 1260. The molecule has 37 heavy (non-hydrogen) atoms. The molecule has 1 atom stereocenters. The number of rotatable bonds is 11. The summed E-state index contributed by atoms with van der Waals surface area (Å²) in [5.74, 6) is -0.963. The van der Waals surface area contributed by atoms with E-state index in [1.807, 2.05) is 13.8 Å². The van der Waals surface area contributed by atoms with Crippen molar-refractivity contribution in [1.29, 1.82) is 0 Å². The molecule has 11 heteroatoms. The lowest BCUT2D eigenvalue weighted by atomic mass is 10.0. The highest BCUT2D eigenvalue weighted by atomic mass is 32.1. The molecular weight excluding hydrogens is 494 g/mol. The first-order valence-electron chi connectivity index (χ1n) is 11.7. The third-order valence-electron chi connectivity index (χ3n) is 5.74. The Labute approximate surface area is 219 Å². The highest BCUT2D eigenvalue weighted by Crippen LogP contribution is 2.32. The van der Waals surface area contributed by atoms with Crippen molar-refractivity contribution in [2.45, 2.75) is 32.9 Å². The molecule has 1 heterocycles. The lowest BCUT2D eigenvalue weighted by Gasteiger charge is -2.32. The second kappa shape index (κ2) is 12.2. The number of primary amides is 1. The van der Waals surface area contributed by atoms with Gasteiger partial charge in [0, 0.05) is 12.1 Å². The van der Waals surface area contributed by atoms with E-state index in [0.717, 1.165) is 18.0 Å². The zero-order chi connectivity index (χ0) is 27.1. The third-order valence-corrected chi connectivity index (χ3v) is 6.59. The van der Waals surface area contributed by atoms with Crippen molar-refractivity contribution < 1.29 is 24.2 Å². The Kier molecular flexibility index (Phi) is 9.07. The molecule has 3 amide bonds. The van der Waals surface area contributed by atoms with Gasteiger partial charge in [-0.1, -0.05) is 44.2 Å². The molecule has 0 aliphatic heterocycles. The smallest absolute Gasteiger partial charge is 0.270 e. The van der Waals surface area contributed by atoms with Crippen LogP contribution in [-0.4, -0.2) is 45.8 Å². The number of nitrogens with zero attached hydrogens (tertiary/aromatic N) is 2. The van der Waals surface area contributed by atoms with Gasteiger partial charge in [0.25, 0.3) is 11.8 Å². The van der Waals surface area contributed by atoms with Crippen molar-refractivity contribution in [3.8, 4) is 11.5 Å². The van der Waals surface area contributed by atoms with Crippen molar-refractivity contribution in [1.82, 2.24) is 14.6 Å². The van der Waals surface area contributed by atoms with Crippen LogP contribution in [0.2, 0.25) is 0 Å². The molecule has 3 aromatic rings. The second-order valence-corrected chi connectivity index (χ2v) is 9.62. The molecule has 2 aromatic carbocycles. The molecule has 3 rings (SSSR count). The topological polar surface area (TPSA) is 161 Å². The van der Waals surface area contributed by atoms with Crippen LogP contribution in [0.3, 0.4) is 0 Å². The van der Waals surface area contributed by atoms with Gasteiger partial charge in [-0.2, -0.15) is 4.37 Å². The zero-order valence-electron chi connectivity index (χ0n) is 20.9. The van der Waals surface area contributed by atoms with Crippen LogP contribution >= 0.6 is 11.5 Å². The molecule has 0 bridgehead atoms. The minimum absolute atomic E-state index is 0.0116. The number of aromatic hydroxyl groups is 1. The maximum Gasteiger partial charge on any atom is 0.270 e. The molecule has 0 aliphatic rings. The number of hydrogen-bond acceptors (Lipinski definition) is 8. The number of methoxy groups -OCH3 is 1. The third kappa shape index (κ3) is 6.56. The van der Waals surface area contributed by atoms with Crippen LogP contribution in [0, 0.1) is 5.92 Å². The number of amides is 3. The fourth-order valence-corrected chi connectivity index (χ4v) is 4.53. The van der Waals surface area contributed by atoms with Crippen molar-refractivity contribution in [2.24, 2.45) is 11.7 Å². The average molecular weight is 526 g/mol. The van der Waals surface area contributed by atoms with E-state index in [1.54, 1.807) is 36.4 Å². The number of anilines is 1. The van der Waals surface area contributed by atoms with Crippen LogP contribution in [0.1, 0.15) is 57.6 Å². The quantitative estimate of drug-likeness (QED) is 0.299. The zero-order valence-corrected chi connectivity index (χ0v) is 21.7. The van der Waals surface area contributed by atoms with Gasteiger partial charge >= 0.3 is 0 Å². The Hall–Kier alpha value is -4.12. The largest absolute Gasteiger partial charge is 0.508 e. The second-order valence-electron chi connectivity index (χ2n) is 8.85. The number of carbonyl (C=O) groups excluding carboxylic acids is 3. The van der Waals surface area contributed by atoms with Crippen LogP contribution in [0.15, 0.2) is 48.5 Å². The maximum atomic E-state index is 14.0. The fraction of sp³-hybridized carbons (Fsp3) is 0.308. The predicted molar refractivity (Wildman–Crippen MR) is 141 cm³/mol. The Morgan fingerprint density at radius 3 is 2.41 bits per heavy atom. The number of nitrogens with one attached hydrogen (secondary N) is 1. The summed E-state index contributed by atoms with van der Waals surface area (Å²) in [7, 11) is 1.52. The number of nitrogens with two attached hydrogens (primary N) is 2. The van der Waals surface area contributed by atoms with Crippen LogP contribution in [0.25, 0.3) is 0 Å². The molecule has 0 saturated carbocycles. The number of nitrogen functional groups attached to an aromatic ring is 1. The van der Waals surface area contributed by atoms with Crippen LogP contribution in [0.5, 0.6) is 11.5 Å². The highest BCUT2D eigenvalue weighted by molar-refractivity contribution is 7.09. The number of phenols is 1. The van der Waals surface area contributed by atoms with E-state index in [9.17, 15) is 19.5 Å². The van der Waals surface area contributed by atoms with Gasteiger partial charge in [-0.05, 0) is 47.6 Å². The molecule has 0 aliphatic carbocycles. The molecule has 0 saturated heterocycles. The van der Waals surface area contributed by atoms with E-state index in [2.05, 4.69) is 9.69 Å². The van der Waals surface area contributed by atoms with E-state index < -0.39 is 23.8 Å². The van der Waals surface area contributed by atoms with Crippen molar-refractivity contribution in [3.05, 3.63) is 70.2 Å². The van der Waals surface area contributed by atoms with Crippen molar-refractivity contribution >= 4 is 34.9 Å². The normalized spacial score (nSPS) is 11.7. The number of benzene rings is 2. The van der Waals surface area contributed by atoms with Gasteiger partial charge in [-0.3, -0.25) is 14.4 Å².